The van der Waals surface area contributed by atoms with Crippen LogP contribution in [-0.4, -0.2) is 13.7 Å². The largest absolute Gasteiger partial charge is 0.228 e. The van der Waals surface area contributed by atoms with Crippen molar-refractivity contribution in [2.75, 3.05) is 0 Å². The second kappa shape index (κ2) is 3.88. The minimum absolute atomic E-state index is 0.0440. The van der Waals surface area contributed by atoms with Gasteiger partial charge >= 0.3 is 0 Å². The maximum absolute atomic E-state index is 10.8. The molecule has 0 aromatic rings. The van der Waals surface area contributed by atoms with Crippen LogP contribution in [0.15, 0.2) is 12.7 Å². The van der Waals surface area contributed by atoms with Crippen LogP contribution in [-0.2, 0) is 10.0 Å². The zero-order valence-corrected chi connectivity index (χ0v) is 7.76. The van der Waals surface area contributed by atoms with Gasteiger partial charge in [-0.05, 0) is 19.3 Å². The Balaban J connectivity index is 4.25. The van der Waals surface area contributed by atoms with Crippen LogP contribution in [0.3, 0.4) is 0 Å². The normalized spacial score (nSPS) is 17.4. The summed E-state index contributed by atoms with van der Waals surface area (Å²) in [6, 6.07) is 0. The number of rotatable bonds is 4. The second-order valence-corrected chi connectivity index (χ2v) is 4.72. The third-order valence-electron chi connectivity index (χ3n) is 1.86. The van der Waals surface area contributed by atoms with E-state index in [0.717, 1.165) is 0 Å². The molecular weight excluding hydrogens is 162 g/mol. The molecule has 0 aliphatic heterocycles. The first-order valence-electron chi connectivity index (χ1n) is 3.52. The highest BCUT2D eigenvalue weighted by molar-refractivity contribution is 7.89. The summed E-state index contributed by atoms with van der Waals surface area (Å²) in [6.07, 6.45) is 2.38. The fourth-order valence-corrected chi connectivity index (χ4v) is 1.54. The highest BCUT2D eigenvalue weighted by Crippen LogP contribution is 2.13. The van der Waals surface area contributed by atoms with Gasteiger partial charge in [0.2, 0.25) is 10.0 Å². The molecule has 0 saturated carbocycles. The van der Waals surface area contributed by atoms with Crippen LogP contribution in [0.4, 0.5) is 0 Å². The SMILES string of the molecule is C=CC[C@@H](C)[C@H](C)S(N)(=O)=O. The van der Waals surface area contributed by atoms with Crippen molar-refractivity contribution >= 4 is 10.0 Å². The minimum Gasteiger partial charge on any atom is -0.228 e. The lowest BCUT2D eigenvalue weighted by molar-refractivity contribution is 0.526. The van der Waals surface area contributed by atoms with Crippen molar-refractivity contribution in [2.45, 2.75) is 25.5 Å². The van der Waals surface area contributed by atoms with Crippen LogP contribution >= 0.6 is 0 Å². The average Bonchev–Trinajstić information content (AvgIpc) is 1.85. The van der Waals surface area contributed by atoms with E-state index in [1.54, 1.807) is 13.0 Å². The van der Waals surface area contributed by atoms with Gasteiger partial charge in [-0.2, -0.15) is 0 Å². The van der Waals surface area contributed by atoms with E-state index in [2.05, 4.69) is 6.58 Å². The molecule has 0 aliphatic rings. The Kier molecular flexibility index (Phi) is 3.75. The molecule has 0 fully saturated rings. The Morgan fingerprint density at radius 3 is 2.27 bits per heavy atom. The van der Waals surface area contributed by atoms with Crippen molar-refractivity contribution in [3.05, 3.63) is 12.7 Å². The molecular formula is C7H15NO2S. The van der Waals surface area contributed by atoms with Crippen LogP contribution in [0, 0.1) is 5.92 Å². The summed E-state index contributed by atoms with van der Waals surface area (Å²) >= 11 is 0. The van der Waals surface area contributed by atoms with Crippen molar-refractivity contribution in [1.29, 1.82) is 0 Å². The lowest BCUT2D eigenvalue weighted by atomic mass is 10.1. The van der Waals surface area contributed by atoms with Gasteiger partial charge in [-0.15, -0.1) is 6.58 Å². The second-order valence-electron chi connectivity index (χ2n) is 2.80. The fourth-order valence-electron chi connectivity index (χ4n) is 0.778. The van der Waals surface area contributed by atoms with Crippen molar-refractivity contribution in [3.63, 3.8) is 0 Å². The van der Waals surface area contributed by atoms with Gasteiger partial charge in [-0.25, -0.2) is 13.6 Å². The molecule has 0 rings (SSSR count). The summed E-state index contributed by atoms with van der Waals surface area (Å²) < 4.78 is 21.6. The Morgan fingerprint density at radius 2 is 2.00 bits per heavy atom. The molecule has 0 aromatic carbocycles. The molecule has 0 radical (unpaired) electrons. The van der Waals surface area contributed by atoms with E-state index in [0.29, 0.717) is 6.42 Å². The summed E-state index contributed by atoms with van der Waals surface area (Å²) in [4.78, 5) is 0. The van der Waals surface area contributed by atoms with Gasteiger partial charge in [-0.3, -0.25) is 0 Å². The maximum Gasteiger partial charge on any atom is 0.211 e. The van der Waals surface area contributed by atoms with Crippen molar-refractivity contribution < 1.29 is 8.42 Å². The first-order chi connectivity index (χ1) is 4.89. The van der Waals surface area contributed by atoms with Crippen molar-refractivity contribution in [3.8, 4) is 0 Å². The molecule has 66 valence electrons. The van der Waals surface area contributed by atoms with E-state index in [4.69, 9.17) is 5.14 Å². The summed E-state index contributed by atoms with van der Waals surface area (Å²) in [5.74, 6) is 0.0440. The van der Waals surface area contributed by atoms with Crippen LogP contribution in [0.2, 0.25) is 0 Å². The summed E-state index contributed by atoms with van der Waals surface area (Å²) in [5.41, 5.74) is 0. The number of allylic oxidation sites excluding steroid dienone is 1. The minimum atomic E-state index is -3.37. The molecule has 11 heavy (non-hydrogen) atoms. The Bertz CT molecular complexity index is 221. The van der Waals surface area contributed by atoms with E-state index in [1.165, 1.54) is 0 Å². The molecule has 2 atom stereocenters. The zero-order chi connectivity index (χ0) is 9.07. The molecule has 0 aromatic heterocycles. The third kappa shape index (κ3) is 3.53. The van der Waals surface area contributed by atoms with E-state index >= 15 is 0 Å². The van der Waals surface area contributed by atoms with Gasteiger partial charge in [0, 0.05) is 0 Å². The quantitative estimate of drug-likeness (QED) is 0.648. The van der Waals surface area contributed by atoms with Crippen LogP contribution in [0.25, 0.3) is 0 Å². The van der Waals surface area contributed by atoms with Gasteiger partial charge in [0.25, 0.3) is 0 Å². The smallest absolute Gasteiger partial charge is 0.211 e. The third-order valence-corrected chi connectivity index (χ3v) is 3.36. The standard InChI is InChI=1S/C7H15NO2S/c1-4-5-6(2)7(3)11(8,9)10/h4,6-7H,1,5H2,2-3H3,(H2,8,9,10)/t6-,7+/m1/s1. The van der Waals surface area contributed by atoms with Gasteiger partial charge in [0.05, 0.1) is 5.25 Å². The number of nitrogens with two attached hydrogens (primary N) is 1. The number of hydrogen-bond acceptors (Lipinski definition) is 2. The summed E-state index contributed by atoms with van der Waals surface area (Å²) in [5, 5.41) is 4.46. The Hall–Kier alpha value is -0.350. The fraction of sp³-hybridized carbons (Fsp3) is 0.714. The summed E-state index contributed by atoms with van der Waals surface area (Å²) in [7, 11) is -3.37. The molecule has 2 N–H and O–H groups in total. The molecule has 0 unspecified atom stereocenters. The predicted molar refractivity (Wildman–Crippen MR) is 46.5 cm³/mol. The molecule has 0 saturated heterocycles. The number of sulfonamides is 1. The Labute approximate surface area is 68.3 Å². The Morgan fingerprint density at radius 1 is 1.55 bits per heavy atom. The van der Waals surface area contributed by atoms with Crippen molar-refractivity contribution in [1.82, 2.24) is 0 Å². The zero-order valence-electron chi connectivity index (χ0n) is 6.95. The van der Waals surface area contributed by atoms with Gasteiger partial charge in [0.1, 0.15) is 0 Å². The number of hydrogen-bond donors (Lipinski definition) is 1. The first kappa shape index (κ1) is 10.7. The van der Waals surface area contributed by atoms with Gasteiger partial charge in [0.15, 0.2) is 0 Å². The lowest BCUT2D eigenvalue weighted by Crippen LogP contribution is -2.31. The highest BCUT2D eigenvalue weighted by Gasteiger charge is 2.21. The molecule has 0 spiro atoms. The van der Waals surface area contributed by atoms with E-state index in [1.807, 2.05) is 6.92 Å². The summed E-state index contributed by atoms with van der Waals surface area (Å²) in [6.45, 7) is 6.99. The molecule has 0 heterocycles. The van der Waals surface area contributed by atoms with E-state index < -0.39 is 15.3 Å². The molecule has 0 aliphatic carbocycles. The molecule has 3 nitrogen and oxygen atoms in total. The number of primary sulfonamides is 1. The maximum atomic E-state index is 10.8. The van der Waals surface area contributed by atoms with Crippen LogP contribution in [0.5, 0.6) is 0 Å². The van der Waals surface area contributed by atoms with Crippen molar-refractivity contribution in [2.24, 2.45) is 11.1 Å². The molecule has 0 amide bonds. The monoisotopic (exact) mass is 177 g/mol. The topological polar surface area (TPSA) is 60.2 Å². The molecule has 4 heteroatoms. The lowest BCUT2D eigenvalue weighted by Gasteiger charge is -2.15. The average molecular weight is 177 g/mol. The van der Waals surface area contributed by atoms with E-state index in [-0.39, 0.29) is 5.92 Å². The highest BCUT2D eigenvalue weighted by atomic mass is 32.2. The predicted octanol–water partition coefficient (Wildman–Crippen LogP) is 0.876. The molecule has 0 bridgehead atoms. The van der Waals surface area contributed by atoms with Crippen LogP contribution < -0.4 is 5.14 Å². The van der Waals surface area contributed by atoms with Crippen LogP contribution in [0.1, 0.15) is 20.3 Å². The van der Waals surface area contributed by atoms with Gasteiger partial charge in [-0.1, -0.05) is 13.0 Å². The van der Waals surface area contributed by atoms with Gasteiger partial charge < -0.3 is 0 Å². The first-order valence-corrected chi connectivity index (χ1v) is 5.13. The van der Waals surface area contributed by atoms with E-state index in [9.17, 15) is 8.42 Å².